The van der Waals surface area contributed by atoms with Gasteiger partial charge in [0.1, 0.15) is 11.6 Å². The first-order chi connectivity index (χ1) is 8.63. The van der Waals surface area contributed by atoms with E-state index in [9.17, 15) is 9.59 Å². The van der Waals surface area contributed by atoms with Gasteiger partial charge in [-0.15, -0.1) is 10.2 Å². The van der Waals surface area contributed by atoms with E-state index in [1.807, 2.05) is 0 Å². The maximum atomic E-state index is 12.0. The van der Waals surface area contributed by atoms with E-state index in [-0.39, 0.29) is 18.1 Å². The van der Waals surface area contributed by atoms with Crippen molar-refractivity contribution in [3.05, 3.63) is 17.8 Å². The second kappa shape index (κ2) is 6.68. The predicted molar refractivity (Wildman–Crippen MR) is 63.3 cm³/mol. The van der Waals surface area contributed by atoms with E-state index in [0.29, 0.717) is 12.3 Å². The average Bonchev–Trinajstić information content (AvgIpc) is 2.40. The molecule has 0 aliphatic rings. The Morgan fingerprint density at radius 3 is 2.44 bits per heavy atom. The molecule has 98 valence electrons. The lowest BCUT2D eigenvalue weighted by Gasteiger charge is -2.11. The first-order valence-electron chi connectivity index (χ1n) is 5.72. The lowest BCUT2D eigenvalue weighted by Crippen LogP contribution is -2.26. The highest BCUT2D eigenvalue weighted by molar-refractivity contribution is 6.07. The number of rotatable bonds is 6. The summed E-state index contributed by atoms with van der Waals surface area (Å²) in [4.78, 5) is 23.6. The van der Waals surface area contributed by atoms with Crippen molar-refractivity contribution in [3.8, 4) is 5.88 Å². The Bertz CT molecular complexity index is 417. The largest absolute Gasteiger partial charge is 0.480 e. The van der Waals surface area contributed by atoms with E-state index in [1.165, 1.54) is 19.2 Å². The zero-order valence-electron chi connectivity index (χ0n) is 10.7. The summed E-state index contributed by atoms with van der Waals surface area (Å²) in [5, 5.41) is 7.42. The van der Waals surface area contributed by atoms with Gasteiger partial charge in [0.05, 0.1) is 13.7 Å². The highest BCUT2D eigenvalue weighted by Gasteiger charge is 2.28. The number of carbonyl (C=O) groups excluding carboxylic acids is 2. The van der Waals surface area contributed by atoms with Gasteiger partial charge in [-0.1, -0.05) is 6.92 Å². The normalized spacial score (nSPS) is 11.7. The molecule has 1 rings (SSSR count). The van der Waals surface area contributed by atoms with Gasteiger partial charge < -0.3 is 9.47 Å². The fraction of sp³-hybridized carbons (Fsp3) is 0.500. The van der Waals surface area contributed by atoms with E-state index in [2.05, 4.69) is 10.2 Å². The number of methoxy groups -OCH3 is 1. The van der Waals surface area contributed by atoms with Crippen LogP contribution in [-0.4, -0.2) is 35.7 Å². The lowest BCUT2D eigenvalue weighted by molar-refractivity contribution is -0.146. The molecule has 0 N–H and O–H groups in total. The molecule has 0 bridgehead atoms. The molecule has 0 saturated carbocycles. The van der Waals surface area contributed by atoms with Crippen LogP contribution in [-0.2, 0) is 9.53 Å². The van der Waals surface area contributed by atoms with Crippen molar-refractivity contribution >= 4 is 11.8 Å². The zero-order chi connectivity index (χ0) is 13.5. The molecule has 0 spiro atoms. The van der Waals surface area contributed by atoms with Gasteiger partial charge in [-0.3, -0.25) is 9.59 Å². The minimum absolute atomic E-state index is 0.135. The van der Waals surface area contributed by atoms with Crippen molar-refractivity contribution in [1.82, 2.24) is 10.2 Å². The van der Waals surface area contributed by atoms with Gasteiger partial charge in [-0.05, 0) is 19.4 Å². The van der Waals surface area contributed by atoms with Gasteiger partial charge in [0, 0.05) is 6.07 Å². The van der Waals surface area contributed by atoms with Gasteiger partial charge in [0.2, 0.25) is 5.88 Å². The van der Waals surface area contributed by atoms with Crippen LogP contribution in [0.1, 0.15) is 30.8 Å². The third kappa shape index (κ3) is 3.26. The van der Waals surface area contributed by atoms with Crippen LogP contribution in [0.2, 0.25) is 0 Å². The second-order valence-corrected chi connectivity index (χ2v) is 3.54. The molecule has 0 saturated heterocycles. The number of ether oxygens (including phenoxy) is 2. The standard InChI is InChI=1S/C12H16N2O4/c1-4-8(12(16)18-5-2)11(15)9-6-7-10(17-3)14-13-9/h6-8H,4-5H2,1-3H3. The van der Waals surface area contributed by atoms with Gasteiger partial charge >= 0.3 is 5.97 Å². The summed E-state index contributed by atoms with van der Waals surface area (Å²) >= 11 is 0. The maximum Gasteiger partial charge on any atom is 0.316 e. The van der Waals surface area contributed by atoms with Crippen LogP contribution >= 0.6 is 0 Å². The van der Waals surface area contributed by atoms with E-state index in [1.54, 1.807) is 13.8 Å². The molecule has 0 radical (unpaired) electrons. The number of nitrogens with zero attached hydrogens (tertiary/aromatic N) is 2. The number of carbonyl (C=O) groups is 2. The zero-order valence-corrected chi connectivity index (χ0v) is 10.7. The maximum absolute atomic E-state index is 12.0. The second-order valence-electron chi connectivity index (χ2n) is 3.54. The van der Waals surface area contributed by atoms with Crippen molar-refractivity contribution < 1.29 is 19.1 Å². The third-order valence-corrected chi connectivity index (χ3v) is 2.40. The fourth-order valence-electron chi connectivity index (χ4n) is 1.44. The summed E-state index contributed by atoms with van der Waals surface area (Å²) < 4.78 is 9.69. The molecular weight excluding hydrogens is 236 g/mol. The van der Waals surface area contributed by atoms with Crippen molar-refractivity contribution in [3.63, 3.8) is 0 Å². The Morgan fingerprint density at radius 1 is 1.28 bits per heavy atom. The Hall–Kier alpha value is -1.98. The van der Waals surface area contributed by atoms with Crippen molar-refractivity contribution in [2.24, 2.45) is 5.92 Å². The summed E-state index contributed by atoms with van der Waals surface area (Å²) in [6, 6.07) is 3.01. The summed E-state index contributed by atoms with van der Waals surface area (Å²) in [6.07, 6.45) is 0.366. The van der Waals surface area contributed by atoms with E-state index in [4.69, 9.17) is 9.47 Å². The smallest absolute Gasteiger partial charge is 0.316 e. The Labute approximate surface area is 105 Å². The van der Waals surface area contributed by atoms with E-state index >= 15 is 0 Å². The number of ketones is 1. The van der Waals surface area contributed by atoms with Crippen LogP contribution in [0.15, 0.2) is 12.1 Å². The van der Waals surface area contributed by atoms with Crippen LogP contribution in [0, 0.1) is 5.92 Å². The molecule has 1 atom stereocenters. The Kier molecular flexibility index (Phi) is 5.23. The van der Waals surface area contributed by atoms with Crippen LogP contribution in [0.3, 0.4) is 0 Å². The predicted octanol–water partition coefficient (Wildman–Crippen LogP) is 1.26. The van der Waals surface area contributed by atoms with Crippen molar-refractivity contribution in [2.75, 3.05) is 13.7 Å². The molecule has 0 aliphatic carbocycles. The Morgan fingerprint density at radius 2 is 2.00 bits per heavy atom. The quantitative estimate of drug-likeness (QED) is 0.431. The summed E-state index contributed by atoms with van der Waals surface area (Å²) in [6.45, 7) is 3.69. The highest BCUT2D eigenvalue weighted by atomic mass is 16.5. The molecule has 1 aromatic heterocycles. The first kappa shape index (κ1) is 14.1. The van der Waals surface area contributed by atoms with E-state index in [0.717, 1.165) is 0 Å². The van der Waals surface area contributed by atoms with Gasteiger partial charge in [-0.25, -0.2) is 0 Å². The molecule has 0 fully saturated rings. The fourth-order valence-corrected chi connectivity index (χ4v) is 1.44. The molecule has 0 aliphatic heterocycles. The lowest BCUT2D eigenvalue weighted by atomic mass is 9.99. The van der Waals surface area contributed by atoms with Gasteiger partial charge in [0.15, 0.2) is 5.78 Å². The van der Waals surface area contributed by atoms with Crippen LogP contribution < -0.4 is 4.74 Å². The number of esters is 1. The Balaban J connectivity index is 2.85. The average molecular weight is 252 g/mol. The van der Waals surface area contributed by atoms with Gasteiger partial charge in [-0.2, -0.15) is 0 Å². The minimum atomic E-state index is -0.826. The number of aromatic nitrogens is 2. The van der Waals surface area contributed by atoms with Crippen LogP contribution in [0.5, 0.6) is 5.88 Å². The molecule has 1 aromatic rings. The molecule has 18 heavy (non-hydrogen) atoms. The summed E-state index contributed by atoms with van der Waals surface area (Å²) in [7, 11) is 1.46. The topological polar surface area (TPSA) is 78.4 Å². The van der Waals surface area contributed by atoms with Gasteiger partial charge in [0.25, 0.3) is 0 Å². The van der Waals surface area contributed by atoms with Crippen molar-refractivity contribution in [1.29, 1.82) is 0 Å². The minimum Gasteiger partial charge on any atom is -0.480 e. The number of hydrogen-bond donors (Lipinski definition) is 0. The monoisotopic (exact) mass is 252 g/mol. The van der Waals surface area contributed by atoms with Crippen LogP contribution in [0.25, 0.3) is 0 Å². The van der Waals surface area contributed by atoms with E-state index < -0.39 is 11.9 Å². The molecule has 1 heterocycles. The summed E-state index contributed by atoms with van der Waals surface area (Å²) in [5.41, 5.74) is 0.135. The SMILES string of the molecule is CCOC(=O)C(CC)C(=O)c1ccc(OC)nn1. The molecule has 6 nitrogen and oxygen atoms in total. The summed E-state index contributed by atoms with van der Waals surface area (Å²) in [5.74, 6) is -1.42. The molecule has 0 amide bonds. The molecule has 0 aromatic carbocycles. The molecule has 1 unspecified atom stereocenters. The molecule has 6 heteroatoms. The number of Topliss-reactive ketones (excluding diaryl/α,β-unsaturated/α-hetero) is 1. The first-order valence-corrected chi connectivity index (χ1v) is 5.72. The molecular formula is C12H16N2O4. The van der Waals surface area contributed by atoms with Crippen molar-refractivity contribution in [2.45, 2.75) is 20.3 Å². The third-order valence-electron chi connectivity index (χ3n) is 2.40. The van der Waals surface area contributed by atoms with Crippen LogP contribution in [0.4, 0.5) is 0 Å². The number of hydrogen-bond acceptors (Lipinski definition) is 6. The highest BCUT2D eigenvalue weighted by Crippen LogP contribution is 2.14.